The second-order valence-electron chi connectivity index (χ2n) is 4.00. The molecule has 0 heterocycles. The molecule has 0 aliphatic carbocycles. The Bertz CT molecular complexity index is 705. The first-order valence-corrected chi connectivity index (χ1v) is 6.06. The van der Waals surface area contributed by atoms with Crippen LogP contribution < -0.4 is 5.43 Å². The van der Waals surface area contributed by atoms with Crippen molar-refractivity contribution in [2.45, 2.75) is 0 Å². The van der Waals surface area contributed by atoms with Gasteiger partial charge < -0.3 is 5.11 Å². The molecule has 0 atom stereocenters. The molecule has 2 aromatic rings. The van der Waals surface area contributed by atoms with Crippen LogP contribution in [0.25, 0.3) is 0 Å². The number of anilines is 1. The molecule has 0 unspecified atom stereocenters. The molecule has 2 N–H and O–H groups in total. The van der Waals surface area contributed by atoms with E-state index in [0.29, 0.717) is 5.69 Å². The monoisotopic (exact) mass is 309 g/mol. The molecule has 108 valence electrons. The second-order valence-corrected chi connectivity index (χ2v) is 4.43. The van der Waals surface area contributed by atoms with Gasteiger partial charge in [-0.1, -0.05) is 11.6 Å². The maximum atomic E-state index is 12.7. The number of nitro benzene ring substituents is 1. The number of phenols is 1. The molecule has 0 radical (unpaired) electrons. The Kier molecular flexibility index (Phi) is 4.34. The summed E-state index contributed by atoms with van der Waals surface area (Å²) < 4.78 is 12.7. The van der Waals surface area contributed by atoms with E-state index in [0.717, 1.165) is 6.07 Å². The number of hydrogen-bond acceptors (Lipinski definition) is 5. The number of rotatable bonds is 4. The summed E-state index contributed by atoms with van der Waals surface area (Å²) in [6.45, 7) is 0. The van der Waals surface area contributed by atoms with Crippen molar-refractivity contribution in [1.29, 1.82) is 0 Å². The predicted molar refractivity (Wildman–Crippen MR) is 77.4 cm³/mol. The van der Waals surface area contributed by atoms with Gasteiger partial charge in [-0.25, -0.2) is 4.39 Å². The number of nitro groups is 1. The van der Waals surface area contributed by atoms with Gasteiger partial charge in [-0.3, -0.25) is 15.5 Å². The molecule has 0 saturated heterocycles. The van der Waals surface area contributed by atoms with Crippen LogP contribution >= 0.6 is 11.6 Å². The third-order valence-corrected chi connectivity index (χ3v) is 2.74. The molecular formula is C13H9ClFN3O3. The Hall–Kier alpha value is -2.67. The zero-order valence-corrected chi connectivity index (χ0v) is 11.2. The van der Waals surface area contributed by atoms with Crippen molar-refractivity contribution in [3.05, 3.63) is 62.9 Å². The summed E-state index contributed by atoms with van der Waals surface area (Å²) in [5.74, 6) is -0.915. The molecule has 0 bridgehead atoms. The van der Waals surface area contributed by atoms with E-state index in [4.69, 9.17) is 11.6 Å². The summed E-state index contributed by atoms with van der Waals surface area (Å²) in [5, 5.41) is 24.4. The van der Waals surface area contributed by atoms with E-state index in [1.165, 1.54) is 36.5 Å². The summed E-state index contributed by atoms with van der Waals surface area (Å²) in [7, 11) is 0. The lowest BCUT2D eigenvalue weighted by Crippen LogP contribution is -1.95. The fourth-order valence-corrected chi connectivity index (χ4v) is 1.76. The van der Waals surface area contributed by atoms with Gasteiger partial charge >= 0.3 is 5.69 Å². The fraction of sp³-hybridized carbons (Fsp3) is 0. The number of nitrogens with one attached hydrogen (secondary N) is 1. The van der Waals surface area contributed by atoms with Crippen LogP contribution in [0.15, 0.2) is 41.5 Å². The second kappa shape index (κ2) is 6.19. The Morgan fingerprint density at radius 1 is 1.33 bits per heavy atom. The third kappa shape index (κ3) is 3.67. The molecule has 0 aromatic heterocycles. The number of nitrogens with zero attached hydrogens (tertiary/aromatic N) is 2. The fourth-order valence-electron chi connectivity index (χ4n) is 1.54. The Balaban J connectivity index is 2.21. The van der Waals surface area contributed by atoms with Crippen LogP contribution in [0, 0.1) is 15.9 Å². The van der Waals surface area contributed by atoms with Gasteiger partial charge in [0.25, 0.3) is 0 Å². The number of phenolic OH excluding ortho intramolecular Hbond substituents is 1. The zero-order valence-electron chi connectivity index (χ0n) is 10.5. The van der Waals surface area contributed by atoms with Crippen LogP contribution in [-0.2, 0) is 0 Å². The summed E-state index contributed by atoms with van der Waals surface area (Å²) in [5.41, 5.74) is 2.69. The Morgan fingerprint density at radius 2 is 2.00 bits per heavy atom. The summed E-state index contributed by atoms with van der Waals surface area (Å²) in [4.78, 5) is 10.0. The minimum absolute atomic E-state index is 0.0869. The number of aromatic hydroxyl groups is 1. The van der Waals surface area contributed by atoms with Gasteiger partial charge in [0, 0.05) is 16.7 Å². The number of hydrazone groups is 1. The van der Waals surface area contributed by atoms with E-state index < -0.39 is 16.4 Å². The predicted octanol–water partition coefficient (Wildman–Crippen LogP) is 3.54. The minimum Gasteiger partial charge on any atom is -0.502 e. The van der Waals surface area contributed by atoms with Crippen LogP contribution in [-0.4, -0.2) is 16.2 Å². The maximum Gasteiger partial charge on any atom is 0.312 e. The first-order valence-electron chi connectivity index (χ1n) is 5.69. The van der Waals surface area contributed by atoms with Gasteiger partial charge in [0.15, 0.2) is 0 Å². The van der Waals surface area contributed by atoms with Crippen molar-refractivity contribution in [1.82, 2.24) is 0 Å². The van der Waals surface area contributed by atoms with E-state index >= 15 is 0 Å². The van der Waals surface area contributed by atoms with Crippen molar-refractivity contribution in [2.75, 3.05) is 5.43 Å². The van der Waals surface area contributed by atoms with E-state index in [1.807, 2.05) is 0 Å². The van der Waals surface area contributed by atoms with Crippen molar-refractivity contribution >= 4 is 29.2 Å². The highest BCUT2D eigenvalue weighted by Gasteiger charge is 2.17. The summed E-state index contributed by atoms with van der Waals surface area (Å²) in [6.07, 6.45) is 1.18. The van der Waals surface area contributed by atoms with Gasteiger partial charge in [-0.15, -0.1) is 0 Å². The Morgan fingerprint density at radius 3 is 2.62 bits per heavy atom. The average molecular weight is 310 g/mol. The van der Waals surface area contributed by atoms with E-state index in [1.54, 1.807) is 0 Å². The highest BCUT2D eigenvalue weighted by atomic mass is 35.5. The lowest BCUT2D eigenvalue weighted by Gasteiger charge is -2.02. The minimum atomic E-state index is -0.744. The smallest absolute Gasteiger partial charge is 0.312 e. The van der Waals surface area contributed by atoms with Gasteiger partial charge in [0.1, 0.15) is 5.82 Å². The first kappa shape index (κ1) is 14.7. The molecule has 0 aliphatic rings. The van der Waals surface area contributed by atoms with Gasteiger partial charge in [0.2, 0.25) is 5.75 Å². The van der Waals surface area contributed by atoms with Crippen LogP contribution in [0.3, 0.4) is 0 Å². The molecule has 0 amide bonds. The highest BCUT2D eigenvalue weighted by molar-refractivity contribution is 6.31. The standard InChI is InChI=1S/C13H9ClFN3O3/c14-9-5-8(13(19)12(6-9)18(20)21)7-16-17-11-3-1-10(15)2-4-11/h1-7,17,19H. The van der Waals surface area contributed by atoms with E-state index in [2.05, 4.69) is 10.5 Å². The average Bonchev–Trinajstić information content (AvgIpc) is 2.44. The highest BCUT2D eigenvalue weighted by Crippen LogP contribution is 2.32. The van der Waals surface area contributed by atoms with Crippen LogP contribution in [0.4, 0.5) is 15.8 Å². The van der Waals surface area contributed by atoms with Crippen molar-refractivity contribution < 1.29 is 14.4 Å². The van der Waals surface area contributed by atoms with E-state index in [-0.39, 0.29) is 16.4 Å². The molecule has 0 fully saturated rings. The molecule has 6 nitrogen and oxygen atoms in total. The first-order chi connectivity index (χ1) is 9.97. The van der Waals surface area contributed by atoms with Crippen LogP contribution in [0.5, 0.6) is 5.75 Å². The third-order valence-electron chi connectivity index (χ3n) is 2.52. The van der Waals surface area contributed by atoms with Crippen LogP contribution in [0.1, 0.15) is 5.56 Å². The van der Waals surface area contributed by atoms with Gasteiger partial charge in [0.05, 0.1) is 16.8 Å². The molecule has 0 aliphatic heterocycles. The lowest BCUT2D eigenvalue weighted by molar-refractivity contribution is -0.385. The molecule has 0 saturated carbocycles. The normalized spacial score (nSPS) is 10.8. The molecule has 0 spiro atoms. The quantitative estimate of drug-likeness (QED) is 0.513. The topological polar surface area (TPSA) is 87.8 Å². The SMILES string of the molecule is O=[N+]([O-])c1cc(Cl)cc(C=NNc2ccc(F)cc2)c1O. The van der Waals surface area contributed by atoms with Crippen molar-refractivity contribution in [3.63, 3.8) is 0 Å². The number of hydrogen-bond donors (Lipinski definition) is 2. The molecular weight excluding hydrogens is 301 g/mol. The van der Waals surface area contributed by atoms with Gasteiger partial charge in [-0.2, -0.15) is 5.10 Å². The molecule has 2 rings (SSSR count). The molecule has 8 heteroatoms. The van der Waals surface area contributed by atoms with Crippen molar-refractivity contribution in [2.24, 2.45) is 5.10 Å². The Labute approximate surface area is 123 Å². The number of halogens is 2. The molecule has 2 aromatic carbocycles. The summed E-state index contributed by atoms with van der Waals surface area (Å²) in [6, 6.07) is 7.81. The zero-order chi connectivity index (χ0) is 15.4. The van der Waals surface area contributed by atoms with E-state index in [9.17, 15) is 19.6 Å². The maximum absolute atomic E-state index is 12.7. The van der Waals surface area contributed by atoms with Gasteiger partial charge in [-0.05, 0) is 30.3 Å². The lowest BCUT2D eigenvalue weighted by atomic mass is 10.2. The largest absolute Gasteiger partial charge is 0.502 e. The summed E-state index contributed by atoms with van der Waals surface area (Å²) >= 11 is 5.74. The van der Waals surface area contributed by atoms with Crippen LogP contribution in [0.2, 0.25) is 5.02 Å². The number of benzene rings is 2. The van der Waals surface area contributed by atoms with Crippen molar-refractivity contribution in [3.8, 4) is 5.75 Å². The molecule has 21 heavy (non-hydrogen) atoms.